The zero-order valence-electron chi connectivity index (χ0n) is 8.53. The normalized spacial score (nSPS) is 30.7. The average molecular weight is 222 g/mol. The predicted molar refractivity (Wildman–Crippen MR) is 61.2 cm³/mol. The standard InChI is InChI=1S/C11H14N2OS/c14-10-5-11(2-3-12-7-11)8-13(10)9-1-4-15-6-9/h1,4,6,12H,2-3,5,7-8H2. The van der Waals surface area contributed by atoms with Crippen LogP contribution in [0.2, 0.25) is 0 Å². The molecule has 15 heavy (non-hydrogen) atoms. The Labute approximate surface area is 93.1 Å². The maximum Gasteiger partial charge on any atom is 0.227 e. The fourth-order valence-electron chi connectivity index (χ4n) is 2.62. The van der Waals surface area contributed by atoms with Crippen LogP contribution in [-0.2, 0) is 4.79 Å². The lowest BCUT2D eigenvalue weighted by Crippen LogP contribution is -2.29. The van der Waals surface area contributed by atoms with Gasteiger partial charge < -0.3 is 10.2 Å². The Morgan fingerprint density at radius 3 is 3.13 bits per heavy atom. The van der Waals surface area contributed by atoms with Crippen LogP contribution in [0.15, 0.2) is 16.8 Å². The lowest BCUT2D eigenvalue weighted by molar-refractivity contribution is -0.117. The van der Waals surface area contributed by atoms with Crippen molar-refractivity contribution in [3.05, 3.63) is 16.8 Å². The van der Waals surface area contributed by atoms with Gasteiger partial charge in [-0.15, -0.1) is 0 Å². The van der Waals surface area contributed by atoms with Crippen molar-refractivity contribution in [1.82, 2.24) is 5.32 Å². The Morgan fingerprint density at radius 1 is 1.53 bits per heavy atom. The number of carbonyl (C=O) groups excluding carboxylic acids is 1. The zero-order valence-corrected chi connectivity index (χ0v) is 9.35. The summed E-state index contributed by atoms with van der Waals surface area (Å²) in [5, 5.41) is 7.45. The first-order valence-corrected chi connectivity index (χ1v) is 6.27. The smallest absolute Gasteiger partial charge is 0.227 e. The molecule has 0 bridgehead atoms. The Bertz CT molecular complexity index is 368. The van der Waals surface area contributed by atoms with Gasteiger partial charge in [-0.1, -0.05) is 0 Å². The molecule has 1 unspecified atom stereocenters. The lowest BCUT2D eigenvalue weighted by atomic mass is 9.86. The molecule has 2 saturated heterocycles. The van der Waals surface area contributed by atoms with Gasteiger partial charge in [0, 0.05) is 30.3 Å². The maximum atomic E-state index is 11.9. The molecule has 1 spiro atoms. The molecule has 3 rings (SSSR count). The Hall–Kier alpha value is -0.870. The van der Waals surface area contributed by atoms with Gasteiger partial charge in [-0.25, -0.2) is 0 Å². The maximum absolute atomic E-state index is 11.9. The van der Waals surface area contributed by atoms with Crippen molar-refractivity contribution in [2.75, 3.05) is 24.5 Å². The van der Waals surface area contributed by atoms with Crippen LogP contribution >= 0.6 is 11.3 Å². The van der Waals surface area contributed by atoms with Gasteiger partial charge in [0.25, 0.3) is 0 Å². The summed E-state index contributed by atoms with van der Waals surface area (Å²) in [6.07, 6.45) is 1.86. The van der Waals surface area contributed by atoms with Crippen LogP contribution in [-0.4, -0.2) is 25.5 Å². The van der Waals surface area contributed by atoms with Crippen molar-refractivity contribution in [3.63, 3.8) is 0 Å². The summed E-state index contributed by atoms with van der Waals surface area (Å²) in [6.45, 7) is 2.96. The molecular formula is C11H14N2OS. The average Bonchev–Trinajstić information content (AvgIpc) is 2.90. The summed E-state index contributed by atoms with van der Waals surface area (Å²) >= 11 is 1.65. The van der Waals surface area contributed by atoms with Crippen LogP contribution in [0, 0.1) is 5.41 Å². The summed E-state index contributed by atoms with van der Waals surface area (Å²) in [5.41, 5.74) is 1.30. The van der Waals surface area contributed by atoms with E-state index >= 15 is 0 Å². The molecule has 1 aromatic rings. The fraction of sp³-hybridized carbons (Fsp3) is 0.545. The van der Waals surface area contributed by atoms with Crippen molar-refractivity contribution in [1.29, 1.82) is 0 Å². The van der Waals surface area contributed by atoms with E-state index in [0.717, 1.165) is 38.2 Å². The molecule has 1 N–H and O–H groups in total. The van der Waals surface area contributed by atoms with Crippen molar-refractivity contribution in [2.45, 2.75) is 12.8 Å². The minimum absolute atomic E-state index is 0.221. The van der Waals surface area contributed by atoms with Crippen LogP contribution in [0.1, 0.15) is 12.8 Å². The highest BCUT2D eigenvalue weighted by Gasteiger charge is 2.45. The third-order valence-electron chi connectivity index (χ3n) is 3.47. The van der Waals surface area contributed by atoms with Gasteiger partial charge in [0.05, 0.1) is 5.69 Å². The molecule has 3 heterocycles. The lowest BCUT2D eigenvalue weighted by Gasteiger charge is -2.21. The second kappa shape index (κ2) is 3.32. The summed E-state index contributed by atoms with van der Waals surface area (Å²) in [4.78, 5) is 13.9. The van der Waals surface area contributed by atoms with Crippen LogP contribution in [0.5, 0.6) is 0 Å². The Morgan fingerprint density at radius 2 is 2.47 bits per heavy atom. The van der Waals surface area contributed by atoms with E-state index in [1.165, 1.54) is 0 Å². The molecule has 2 aliphatic heterocycles. The summed E-state index contributed by atoms with van der Waals surface area (Å²) in [5.74, 6) is 0.289. The molecule has 1 atom stereocenters. The van der Waals surface area contributed by atoms with Gasteiger partial charge in [0.2, 0.25) is 5.91 Å². The van der Waals surface area contributed by atoms with Gasteiger partial charge in [0.15, 0.2) is 0 Å². The number of carbonyl (C=O) groups is 1. The number of nitrogens with zero attached hydrogens (tertiary/aromatic N) is 1. The predicted octanol–water partition coefficient (Wildman–Crippen LogP) is 1.46. The number of thiophene rings is 1. The fourth-order valence-corrected chi connectivity index (χ4v) is 3.27. The van der Waals surface area contributed by atoms with Crippen molar-refractivity contribution in [2.24, 2.45) is 5.41 Å². The van der Waals surface area contributed by atoms with E-state index in [0.29, 0.717) is 0 Å². The molecule has 0 aliphatic carbocycles. The molecule has 80 valence electrons. The molecule has 0 saturated carbocycles. The highest BCUT2D eigenvalue weighted by Crippen LogP contribution is 2.39. The van der Waals surface area contributed by atoms with Gasteiger partial charge in [-0.2, -0.15) is 11.3 Å². The number of hydrogen-bond donors (Lipinski definition) is 1. The molecule has 0 aromatic carbocycles. The SMILES string of the molecule is O=C1CC2(CCNC2)CN1c1ccsc1. The van der Waals surface area contributed by atoms with E-state index in [4.69, 9.17) is 0 Å². The van der Waals surface area contributed by atoms with Crippen LogP contribution < -0.4 is 10.2 Å². The monoisotopic (exact) mass is 222 g/mol. The van der Waals surface area contributed by atoms with E-state index in [2.05, 4.69) is 10.7 Å². The van der Waals surface area contributed by atoms with E-state index in [9.17, 15) is 4.79 Å². The van der Waals surface area contributed by atoms with Crippen molar-refractivity contribution in [3.8, 4) is 0 Å². The first-order valence-electron chi connectivity index (χ1n) is 5.32. The molecule has 2 fully saturated rings. The molecule has 0 radical (unpaired) electrons. The van der Waals surface area contributed by atoms with Gasteiger partial charge in [0.1, 0.15) is 0 Å². The summed E-state index contributed by atoms with van der Waals surface area (Å²) in [6, 6.07) is 2.03. The first-order chi connectivity index (χ1) is 7.29. The minimum Gasteiger partial charge on any atom is -0.316 e. The Kier molecular flexibility index (Phi) is 2.07. The van der Waals surface area contributed by atoms with Crippen LogP contribution in [0.3, 0.4) is 0 Å². The number of anilines is 1. The van der Waals surface area contributed by atoms with Crippen molar-refractivity contribution < 1.29 is 4.79 Å². The largest absolute Gasteiger partial charge is 0.316 e. The van der Waals surface area contributed by atoms with Crippen LogP contribution in [0.25, 0.3) is 0 Å². The van der Waals surface area contributed by atoms with E-state index in [-0.39, 0.29) is 11.3 Å². The molecule has 3 nitrogen and oxygen atoms in total. The highest BCUT2D eigenvalue weighted by atomic mass is 32.1. The number of hydrogen-bond acceptors (Lipinski definition) is 3. The van der Waals surface area contributed by atoms with E-state index < -0.39 is 0 Å². The highest BCUT2D eigenvalue weighted by molar-refractivity contribution is 7.08. The number of rotatable bonds is 1. The quantitative estimate of drug-likeness (QED) is 0.780. The summed E-state index contributed by atoms with van der Waals surface area (Å²) < 4.78 is 0. The molecule has 2 aliphatic rings. The van der Waals surface area contributed by atoms with Gasteiger partial charge in [-0.05, 0) is 24.4 Å². The van der Waals surface area contributed by atoms with E-state index in [1.54, 1.807) is 11.3 Å². The first kappa shape index (κ1) is 9.36. The van der Waals surface area contributed by atoms with Crippen LogP contribution in [0.4, 0.5) is 5.69 Å². The van der Waals surface area contributed by atoms with Crippen molar-refractivity contribution >= 4 is 22.9 Å². The second-order valence-corrected chi connectivity index (χ2v) is 5.35. The van der Waals surface area contributed by atoms with Gasteiger partial charge >= 0.3 is 0 Å². The van der Waals surface area contributed by atoms with E-state index in [1.807, 2.05) is 16.3 Å². The number of amides is 1. The third kappa shape index (κ3) is 1.48. The molecule has 1 aromatic heterocycles. The second-order valence-electron chi connectivity index (χ2n) is 4.56. The minimum atomic E-state index is 0.221. The molecule has 1 amide bonds. The van der Waals surface area contributed by atoms with Gasteiger partial charge in [-0.3, -0.25) is 4.79 Å². The molecule has 4 heteroatoms. The number of nitrogens with one attached hydrogen (secondary N) is 1. The third-order valence-corrected chi connectivity index (χ3v) is 4.14. The summed E-state index contributed by atoms with van der Waals surface area (Å²) in [7, 11) is 0. The zero-order chi connectivity index (χ0) is 10.3. The topological polar surface area (TPSA) is 32.3 Å². The molecular weight excluding hydrogens is 208 g/mol. The Balaban J connectivity index is 1.85.